The van der Waals surface area contributed by atoms with Crippen molar-refractivity contribution in [2.45, 2.75) is 0 Å². The van der Waals surface area contributed by atoms with Gasteiger partial charge in [0.15, 0.2) is 5.78 Å². The van der Waals surface area contributed by atoms with E-state index in [-0.39, 0.29) is 17.0 Å². The minimum atomic E-state index is -0.566. The van der Waals surface area contributed by atoms with Crippen molar-refractivity contribution in [1.82, 2.24) is 3.97 Å². The van der Waals surface area contributed by atoms with Crippen LogP contribution in [0.4, 0.5) is 0 Å². The van der Waals surface area contributed by atoms with Crippen LogP contribution in [0.5, 0.6) is 0 Å². The molecule has 1 aromatic carbocycles. The number of methoxy groups -OCH3 is 1. The molecule has 0 spiro atoms. The molecule has 1 unspecified atom stereocenters. The summed E-state index contributed by atoms with van der Waals surface area (Å²) in [7, 11) is 1.29. The average Bonchev–Trinajstić information content (AvgIpc) is 2.75. The number of rotatable bonds is 3. The summed E-state index contributed by atoms with van der Waals surface area (Å²) in [6.07, 6.45) is 8.35. The number of hydrogen-bond donors (Lipinski definition) is 1. The van der Waals surface area contributed by atoms with Crippen LogP contribution >= 0.6 is 12.8 Å². The maximum atomic E-state index is 12.9. The molecule has 0 radical (unpaired) electrons. The Morgan fingerprint density at radius 1 is 1.26 bits per heavy atom. The number of hydrogen-bond acceptors (Lipinski definition) is 5. The molecule has 2 aromatic rings. The van der Waals surface area contributed by atoms with Gasteiger partial charge < -0.3 is 4.74 Å². The first-order valence-corrected chi connectivity index (χ1v) is 7.37. The van der Waals surface area contributed by atoms with Gasteiger partial charge in [-0.1, -0.05) is 43.2 Å². The van der Waals surface area contributed by atoms with Crippen LogP contribution in [0, 0.1) is 5.92 Å². The number of fused-ring (bicyclic) bond motifs is 1. The Morgan fingerprint density at radius 2 is 2.04 bits per heavy atom. The third-order valence-corrected chi connectivity index (χ3v) is 4.04. The number of ketones is 1. The first kappa shape index (κ1) is 15.3. The van der Waals surface area contributed by atoms with Gasteiger partial charge in [0.1, 0.15) is 5.69 Å². The highest BCUT2D eigenvalue weighted by Crippen LogP contribution is 2.30. The maximum Gasteiger partial charge on any atom is 0.340 e. The fourth-order valence-corrected chi connectivity index (χ4v) is 2.92. The van der Waals surface area contributed by atoms with E-state index in [9.17, 15) is 9.59 Å². The van der Waals surface area contributed by atoms with Crippen molar-refractivity contribution in [2.24, 2.45) is 10.9 Å². The number of aromatic nitrogens is 1. The van der Waals surface area contributed by atoms with Gasteiger partial charge in [-0.15, -0.1) is 0 Å². The Labute approximate surface area is 138 Å². The van der Waals surface area contributed by atoms with Crippen LogP contribution in [0.2, 0.25) is 0 Å². The SMILES string of the molecule is COC(=O)c1c(C(=O)C2C=CC=CN=C2)n(S)c2ccccc12. The number of aliphatic imine (C=N–C) groups is 1. The number of esters is 1. The number of para-hydroxylation sites is 1. The van der Waals surface area contributed by atoms with Gasteiger partial charge in [0.25, 0.3) is 0 Å². The standard InChI is InChI=1S/C17H14N2O3S/c1-22-17(21)14-12-7-2-3-8-13(12)19(23)15(14)16(20)11-6-4-5-9-18-10-11/h2-11,23H,1H3. The molecule has 23 heavy (non-hydrogen) atoms. The molecule has 1 aliphatic rings. The third kappa shape index (κ3) is 2.61. The number of benzene rings is 1. The predicted molar refractivity (Wildman–Crippen MR) is 92.3 cm³/mol. The van der Waals surface area contributed by atoms with E-state index in [1.54, 1.807) is 42.6 Å². The molecule has 0 saturated heterocycles. The number of thiol groups is 1. The Kier molecular flexibility index (Phi) is 4.16. The van der Waals surface area contributed by atoms with E-state index in [4.69, 9.17) is 4.74 Å². The molecule has 5 nitrogen and oxygen atoms in total. The Morgan fingerprint density at radius 3 is 2.83 bits per heavy atom. The van der Waals surface area contributed by atoms with Crippen LogP contribution in [0.25, 0.3) is 10.9 Å². The van der Waals surface area contributed by atoms with Crippen LogP contribution in [-0.4, -0.2) is 29.0 Å². The molecule has 0 aliphatic carbocycles. The van der Waals surface area contributed by atoms with Gasteiger partial charge in [-0.3, -0.25) is 13.8 Å². The predicted octanol–water partition coefficient (Wildman–Crippen LogP) is 3.07. The number of carbonyl (C=O) groups excluding carboxylic acids is 2. The second kappa shape index (κ2) is 6.26. The summed E-state index contributed by atoms with van der Waals surface area (Å²) >= 11 is 4.41. The summed E-state index contributed by atoms with van der Waals surface area (Å²) in [4.78, 5) is 29.2. The van der Waals surface area contributed by atoms with Crippen molar-refractivity contribution in [1.29, 1.82) is 0 Å². The summed E-state index contributed by atoms with van der Waals surface area (Å²) in [5.41, 5.74) is 1.10. The number of nitrogens with zero attached hydrogens (tertiary/aromatic N) is 2. The van der Waals surface area contributed by atoms with Crippen LogP contribution < -0.4 is 0 Å². The lowest BCUT2D eigenvalue weighted by Gasteiger charge is -2.09. The average molecular weight is 326 g/mol. The van der Waals surface area contributed by atoms with Gasteiger partial charge in [-0.2, -0.15) is 0 Å². The summed E-state index contributed by atoms with van der Waals surface area (Å²) in [5, 5.41) is 0.630. The molecule has 1 aliphatic heterocycles. The van der Waals surface area contributed by atoms with E-state index < -0.39 is 11.9 Å². The van der Waals surface area contributed by atoms with E-state index in [1.165, 1.54) is 17.3 Å². The van der Waals surface area contributed by atoms with Gasteiger partial charge in [-0.25, -0.2) is 4.79 Å². The Bertz CT molecular complexity index is 861. The lowest BCUT2D eigenvalue weighted by molar-refractivity contribution is 0.0599. The zero-order valence-corrected chi connectivity index (χ0v) is 13.2. The monoisotopic (exact) mass is 326 g/mol. The van der Waals surface area contributed by atoms with Crippen molar-refractivity contribution < 1.29 is 14.3 Å². The highest BCUT2D eigenvalue weighted by atomic mass is 32.1. The normalized spacial score (nSPS) is 16.5. The molecule has 0 amide bonds. The van der Waals surface area contributed by atoms with Gasteiger partial charge in [0.05, 0.1) is 24.1 Å². The Balaban J connectivity index is 2.22. The molecule has 0 N–H and O–H groups in total. The fourth-order valence-electron chi connectivity index (χ4n) is 2.55. The highest BCUT2D eigenvalue weighted by Gasteiger charge is 2.29. The molecule has 2 heterocycles. The summed E-state index contributed by atoms with van der Waals surface area (Å²) < 4.78 is 6.29. The van der Waals surface area contributed by atoms with Crippen LogP contribution in [-0.2, 0) is 4.74 Å². The van der Waals surface area contributed by atoms with Gasteiger partial charge >= 0.3 is 5.97 Å². The zero-order chi connectivity index (χ0) is 16.4. The zero-order valence-electron chi connectivity index (χ0n) is 12.3. The minimum Gasteiger partial charge on any atom is -0.465 e. The minimum absolute atomic E-state index is 0.199. The van der Waals surface area contributed by atoms with Crippen molar-refractivity contribution >= 4 is 41.7 Å². The van der Waals surface area contributed by atoms with Crippen molar-refractivity contribution in [3.05, 3.63) is 60.0 Å². The number of ether oxygens (including phenoxy) is 1. The molecule has 116 valence electrons. The molecule has 1 aromatic heterocycles. The van der Waals surface area contributed by atoms with Gasteiger partial charge in [-0.05, 0) is 12.1 Å². The quantitative estimate of drug-likeness (QED) is 0.536. The van der Waals surface area contributed by atoms with Crippen molar-refractivity contribution in [3.8, 4) is 0 Å². The molecular formula is C17H14N2O3S. The first-order chi connectivity index (χ1) is 11.1. The topological polar surface area (TPSA) is 60.7 Å². The second-order valence-electron chi connectivity index (χ2n) is 4.96. The summed E-state index contributed by atoms with van der Waals surface area (Å²) in [6.45, 7) is 0. The number of allylic oxidation sites excluding steroid dienone is 3. The van der Waals surface area contributed by atoms with Crippen molar-refractivity contribution in [2.75, 3.05) is 7.11 Å². The molecule has 0 saturated carbocycles. The molecule has 6 heteroatoms. The first-order valence-electron chi connectivity index (χ1n) is 6.97. The third-order valence-electron chi connectivity index (χ3n) is 3.62. The summed E-state index contributed by atoms with van der Waals surface area (Å²) in [6, 6.07) is 7.18. The van der Waals surface area contributed by atoms with E-state index in [1.807, 2.05) is 6.07 Å². The maximum absolute atomic E-state index is 12.9. The second-order valence-corrected chi connectivity index (χ2v) is 5.36. The molecule has 1 atom stereocenters. The van der Waals surface area contributed by atoms with Crippen molar-refractivity contribution in [3.63, 3.8) is 0 Å². The van der Waals surface area contributed by atoms with E-state index in [0.29, 0.717) is 10.9 Å². The molecule has 3 rings (SSSR count). The number of carbonyl (C=O) groups is 2. The van der Waals surface area contributed by atoms with Crippen LogP contribution in [0.15, 0.2) is 53.7 Å². The molecular weight excluding hydrogens is 312 g/mol. The van der Waals surface area contributed by atoms with E-state index >= 15 is 0 Å². The van der Waals surface area contributed by atoms with E-state index in [0.717, 1.165) is 0 Å². The largest absolute Gasteiger partial charge is 0.465 e. The molecule has 0 fully saturated rings. The smallest absolute Gasteiger partial charge is 0.340 e. The highest BCUT2D eigenvalue weighted by molar-refractivity contribution is 7.78. The lowest BCUT2D eigenvalue weighted by Crippen LogP contribution is -2.19. The fraction of sp³-hybridized carbons (Fsp3) is 0.118. The number of Topliss-reactive ketones (excluding diaryl/α,β-unsaturated/α-hetero) is 1. The van der Waals surface area contributed by atoms with Gasteiger partial charge in [0, 0.05) is 17.8 Å². The van der Waals surface area contributed by atoms with Gasteiger partial charge in [0.2, 0.25) is 0 Å². The summed E-state index contributed by atoms with van der Waals surface area (Å²) in [5.74, 6) is -1.39. The lowest BCUT2D eigenvalue weighted by atomic mass is 9.99. The van der Waals surface area contributed by atoms with Crippen LogP contribution in [0.1, 0.15) is 20.8 Å². The van der Waals surface area contributed by atoms with E-state index in [2.05, 4.69) is 17.8 Å². The molecule has 0 bridgehead atoms. The Hall–Kier alpha value is -2.60. The van der Waals surface area contributed by atoms with Crippen LogP contribution in [0.3, 0.4) is 0 Å².